The maximum Gasteiger partial charge on any atom is 0.178 e. The van der Waals surface area contributed by atoms with E-state index < -0.39 is 9.84 Å². The molecule has 0 amide bonds. The molecule has 0 saturated heterocycles. The van der Waals surface area contributed by atoms with Crippen LogP contribution >= 0.6 is 0 Å². The lowest BCUT2D eigenvalue weighted by molar-refractivity contribution is 0.494. The molecule has 19 heavy (non-hydrogen) atoms. The summed E-state index contributed by atoms with van der Waals surface area (Å²) >= 11 is 0. The molecule has 1 atom stereocenters. The van der Waals surface area contributed by atoms with Gasteiger partial charge in [-0.2, -0.15) is 0 Å². The largest absolute Gasteiger partial charge is 0.314 e. The minimum atomic E-state index is -3.10. The van der Waals surface area contributed by atoms with Crippen LogP contribution in [0, 0.1) is 0 Å². The van der Waals surface area contributed by atoms with Gasteiger partial charge in [-0.05, 0) is 44.9 Å². The van der Waals surface area contributed by atoms with E-state index in [1.54, 1.807) is 24.3 Å². The monoisotopic (exact) mass is 283 g/mol. The van der Waals surface area contributed by atoms with Gasteiger partial charge in [-0.15, -0.1) is 0 Å². The highest BCUT2D eigenvalue weighted by atomic mass is 32.2. The molecule has 108 valence electrons. The third kappa shape index (κ3) is 6.21. The zero-order chi connectivity index (χ0) is 14.1. The van der Waals surface area contributed by atoms with E-state index in [9.17, 15) is 8.42 Å². The normalized spacial score (nSPS) is 13.4. The lowest BCUT2D eigenvalue weighted by atomic mass is 10.1. The standard InChI is InChI=1S/C15H25NO2S/c1-3-12-16-14(2)9-7-8-13-19(17,18)15-10-5-4-6-11-15/h4-6,10-11,14,16H,3,7-9,12-13H2,1-2H3. The number of unbranched alkanes of at least 4 members (excludes halogenated alkanes) is 1. The van der Waals surface area contributed by atoms with Crippen LogP contribution in [0.25, 0.3) is 0 Å². The highest BCUT2D eigenvalue weighted by Gasteiger charge is 2.13. The molecule has 1 aromatic rings. The first-order valence-electron chi connectivity index (χ1n) is 7.07. The van der Waals surface area contributed by atoms with Gasteiger partial charge in [0.05, 0.1) is 10.6 Å². The summed E-state index contributed by atoms with van der Waals surface area (Å²) in [6, 6.07) is 9.17. The van der Waals surface area contributed by atoms with Crippen molar-refractivity contribution in [2.45, 2.75) is 50.5 Å². The number of sulfone groups is 1. The Hall–Kier alpha value is -0.870. The summed E-state index contributed by atoms with van der Waals surface area (Å²) in [6.07, 6.45) is 3.84. The Morgan fingerprint density at radius 3 is 2.47 bits per heavy atom. The Morgan fingerprint density at radius 2 is 1.84 bits per heavy atom. The van der Waals surface area contributed by atoms with E-state index in [0.29, 0.717) is 10.9 Å². The summed E-state index contributed by atoms with van der Waals surface area (Å²) in [5, 5.41) is 3.41. The second-order valence-electron chi connectivity index (χ2n) is 4.98. The molecule has 1 unspecified atom stereocenters. The fourth-order valence-electron chi connectivity index (χ4n) is 1.98. The molecular weight excluding hydrogens is 258 g/mol. The van der Waals surface area contributed by atoms with Crippen LogP contribution in [0.4, 0.5) is 0 Å². The molecule has 0 aromatic heterocycles. The van der Waals surface area contributed by atoms with Crippen molar-refractivity contribution in [3.8, 4) is 0 Å². The van der Waals surface area contributed by atoms with Gasteiger partial charge in [0, 0.05) is 6.04 Å². The smallest absolute Gasteiger partial charge is 0.178 e. The third-order valence-corrected chi connectivity index (χ3v) is 4.96. The third-order valence-electron chi connectivity index (χ3n) is 3.15. The van der Waals surface area contributed by atoms with Crippen molar-refractivity contribution in [3.05, 3.63) is 30.3 Å². The highest BCUT2D eigenvalue weighted by Crippen LogP contribution is 2.13. The van der Waals surface area contributed by atoms with Gasteiger partial charge in [0.15, 0.2) is 9.84 Å². The summed E-state index contributed by atoms with van der Waals surface area (Å²) in [4.78, 5) is 0.437. The molecule has 0 spiro atoms. The minimum absolute atomic E-state index is 0.248. The van der Waals surface area contributed by atoms with Crippen molar-refractivity contribution < 1.29 is 8.42 Å². The molecule has 1 aromatic carbocycles. The van der Waals surface area contributed by atoms with Gasteiger partial charge >= 0.3 is 0 Å². The number of hydrogen-bond acceptors (Lipinski definition) is 3. The van der Waals surface area contributed by atoms with E-state index in [4.69, 9.17) is 0 Å². The predicted octanol–water partition coefficient (Wildman–Crippen LogP) is 3.02. The molecule has 0 heterocycles. The van der Waals surface area contributed by atoms with Gasteiger partial charge in [-0.25, -0.2) is 8.42 Å². The Labute approximate surface area is 117 Å². The lowest BCUT2D eigenvalue weighted by Crippen LogP contribution is -2.26. The number of benzene rings is 1. The Balaban J connectivity index is 2.29. The molecule has 0 radical (unpaired) electrons. The molecule has 0 aliphatic heterocycles. The van der Waals surface area contributed by atoms with Gasteiger partial charge in [0.25, 0.3) is 0 Å². The van der Waals surface area contributed by atoms with Crippen LogP contribution in [0.2, 0.25) is 0 Å². The molecule has 0 fully saturated rings. The zero-order valence-electron chi connectivity index (χ0n) is 11.9. The van der Waals surface area contributed by atoms with Crippen LogP contribution in [0.3, 0.4) is 0 Å². The molecule has 0 aliphatic carbocycles. The Kier molecular flexibility index (Phi) is 7.10. The lowest BCUT2D eigenvalue weighted by Gasteiger charge is -2.12. The second kappa shape index (κ2) is 8.33. The Morgan fingerprint density at radius 1 is 1.16 bits per heavy atom. The van der Waals surface area contributed by atoms with Crippen molar-refractivity contribution in [3.63, 3.8) is 0 Å². The average Bonchev–Trinajstić information content (AvgIpc) is 2.42. The topological polar surface area (TPSA) is 46.2 Å². The van der Waals surface area contributed by atoms with E-state index in [2.05, 4.69) is 19.2 Å². The molecule has 4 heteroatoms. The second-order valence-corrected chi connectivity index (χ2v) is 7.09. The Bertz CT molecular complexity index is 442. The minimum Gasteiger partial charge on any atom is -0.314 e. The van der Waals surface area contributed by atoms with Crippen molar-refractivity contribution >= 4 is 9.84 Å². The van der Waals surface area contributed by atoms with E-state index in [1.165, 1.54) is 0 Å². The summed E-state index contributed by atoms with van der Waals surface area (Å²) in [5.41, 5.74) is 0. The van der Waals surface area contributed by atoms with Gasteiger partial charge in [0.2, 0.25) is 0 Å². The van der Waals surface area contributed by atoms with Crippen LogP contribution in [0.15, 0.2) is 35.2 Å². The fourth-order valence-corrected chi connectivity index (χ4v) is 3.37. The van der Waals surface area contributed by atoms with Gasteiger partial charge in [-0.3, -0.25) is 0 Å². The predicted molar refractivity (Wildman–Crippen MR) is 80.1 cm³/mol. The van der Waals surface area contributed by atoms with Crippen molar-refractivity contribution in [1.29, 1.82) is 0 Å². The summed E-state index contributed by atoms with van der Waals surface area (Å²) in [5.74, 6) is 0.248. The summed E-state index contributed by atoms with van der Waals surface area (Å²) in [6.45, 7) is 5.33. The highest BCUT2D eigenvalue weighted by molar-refractivity contribution is 7.91. The first kappa shape index (κ1) is 16.2. The quantitative estimate of drug-likeness (QED) is 0.709. The fraction of sp³-hybridized carbons (Fsp3) is 0.600. The van der Waals surface area contributed by atoms with Crippen molar-refractivity contribution in [1.82, 2.24) is 5.32 Å². The summed E-state index contributed by atoms with van der Waals surface area (Å²) in [7, 11) is -3.10. The average molecular weight is 283 g/mol. The first-order valence-corrected chi connectivity index (χ1v) is 8.72. The van der Waals surface area contributed by atoms with Crippen LogP contribution in [-0.4, -0.2) is 26.8 Å². The van der Waals surface area contributed by atoms with E-state index >= 15 is 0 Å². The molecule has 1 N–H and O–H groups in total. The van der Waals surface area contributed by atoms with E-state index in [1.807, 2.05) is 6.07 Å². The summed E-state index contributed by atoms with van der Waals surface area (Å²) < 4.78 is 24.1. The van der Waals surface area contributed by atoms with E-state index in [-0.39, 0.29) is 5.75 Å². The SMILES string of the molecule is CCCNC(C)CCCCS(=O)(=O)c1ccccc1. The van der Waals surface area contributed by atoms with Gasteiger partial charge in [-0.1, -0.05) is 31.5 Å². The molecular formula is C15H25NO2S. The maximum atomic E-state index is 12.0. The van der Waals surface area contributed by atoms with Crippen LogP contribution in [0.1, 0.15) is 39.5 Å². The van der Waals surface area contributed by atoms with Gasteiger partial charge in [0.1, 0.15) is 0 Å². The molecule has 1 rings (SSSR count). The molecule has 0 bridgehead atoms. The molecule has 0 saturated carbocycles. The van der Waals surface area contributed by atoms with Crippen LogP contribution in [-0.2, 0) is 9.84 Å². The van der Waals surface area contributed by atoms with Crippen molar-refractivity contribution in [2.75, 3.05) is 12.3 Å². The van der Waals surface area contributed by atoms with Gasteiger partial charge < -0.3 is 5.32 Å². The number of nitrogens with one attached hydrogen (secondary N) is 1. The molecule has 3 nitrogen and oxygen atoms in total. The van der Waals surface area contributed by atoms with Crippen molar-refractivity contribution in [2.24, 2.45) is 0 Å². The number of hydrogen-bond donors (Lipinski definition) is 1. The maximum absolute atomic E-state index is 12.0. The first-order chi connectivity index (χ1) is 9.06. The van der Waals surface area contributed by atoms with Crippen LogP contribution in [0.5, 0.6) is 0 Å². The van der Waals surface area contributed by atoms with Crippen LogP contribution < -0.4 is 5.32 Å². The zero-order valence-corrected chi connectivity index (χ0v) is 12.7. The van der Waals surface area contributed by atoms with E-state index in [0.717, 1.165) is 32.2 Å². The number of rotatable bonds is 9. The molecule has 0 aliphatic rings.